The molecule has 0 spiro atoms. The number of hydrazone groups is 1. The van der Waals surface area contributed by atoms with Crippen LogP contribution in [0.15, 0.2) is 36.0 Å². The fraction of sp³-hybridized carbons (Fsp3) is 0.154. The third-order valence-electron chi connectivity index (χ3n) is 2.39. The van der Waals surface area contributed by atoms with E-state index in [1.807, 2.05) is 0 Å². The van der Waals surface area contributed by atoms with Crippen LogP contribution in [0.5, 0.6) is 11.5 Å². The predicted molar refractivity (Wildman–Crippen MR) is 71.5 cm³/mol. The summed E-state index contributed by atoms with van der Waals surface area (Å²) in [6, 6.07) is 5.21. The molecule has 7 nitrogen and oxygen atoms in total. The second kappa shape index (κ2) is 6.37. The van der Waals surface area contributed by atoms with Crippen molar-refractivity contribution in [3.05, 3.63) is 36.4 Å². The summed E-state index contributed by atoms with van der Waals surface area (Å²) in [6.07, 6.45) is 2.88. The number of benzene rings is 1. The average molecular weight is 275 g/mol. The summed E-state index contributed by atoms with van der Waals surface area (Å²) in [6.45, 7) is 3.84. The molecular formula is C13H13N3O4. The number of nitrogens with one attached hydrogen (secondary N) is 2. The zero-order valence-corrected chi connectivity index (χ0v) is 10.6. The number of ether oxygens (including phenoxy) is 2. The first kappa shape index (κ1) is 13.6. The highest BCUT2D eigenvalue weighted by Crippen LogP contribution is 2.31. The van der Waals surface area contributed by atoms with Gasteiger partial charge in [0.05, 0.1) is 6.21 Å². The van der Waals surface area contributed by atoms with Crippen molar-refractivity contribution in [1.29, 1.82) is 0 Å². The second-order valence-corrected chi connectivity index (χ2v) is 3.81. The van der Waals surface area contributed by atoms with Gasteiger partial charge >= 0.3 is 11.8 Å². The van der Waals surface area contributed by atoms with Crippen LogP contribution in [0, 0.1) is 0 Å². The van der Waals surface area contributed by atoms with Crippen LogP contribution in [0.1, 0.15) is 5.56 Å². The Morgan fingerprint density at radius 1 is 1.30 bits per heavy atom. The van der Waals surface area contributed by atoms with Gasteiger partial charge in [-0.3, -0.25) is 9.59 Å². The summed E-state index contributed by atoms with van der Waals surface area (Å²) in [5.74, 6) is -0.337. The van der Waals surface area contributed by atoms with E-state index in [0.717, 1.165) is 0 Å². The van der Waals surface area contributed by atoms with Gasteiger partial charge in [0.1, 0.15) is 0 Å². The third-order valence-corrected chi connectivity index (χ3v) is 2.39. The molecule has 2 amide bonds. The number of carbonyl (C=O) groups excluding carboxylic acids is 2. The standard InChI is InChI=1S/C13H13N3O4/c1-2-5-14-12(17)13(18)16-15-7-9-3-4-10-11(6-9)20-8-19-10/h2-4,6-7H,1,5,8H2,(H,14,17)(H,16,18). The molecule has 0 atom stereocenters. The van der Waals surface area contributed by atoms with Gasteiger partial charge in [-0.05, 0) is 23.8 Å². The third kappa shape index (κ3) is 3.35. The summed E-state index contributed by atoms with van der Waals surface area (Å²) < 4.78 is 10.4. The number of nitrogens with zero attached hydrogens (tertiary/aromatic N) is 1. The van der Waals surface area contributed by atoms with E-state index in [9.17, 15) is 9.59 Å². The first-order valence-corrected chi connectivity index (χ1v) is 5.82. The average Bonchev–Trinajstić information content (AvgIpc) is 2.92. The van der Waals surface area contributed by atoms with Crippen LogP contribution in [0.3, 0.4) is 0 Å². The molecule has 0 radical (unpaired) electrons. The van der Waals surface area contributed by atoms with Crippen molar-refractivity contribution in [3.8, 4) is 11.5 Å². The maximum atomic E-state index is 11.3. The Hall–Kier alpha value is -2.83. The molecule has 2 N–H and O–H groups in total. The van der Waals surface area contributed by atoms with Gasteiger partial charge in [-0.2, -0.15) is 5.10 Å². The van der Waals surface area contributed by atoms with E-state index < -0.39 is 11.8 Å². The van der Waals surface area contributed by atoms with E-state index in [2.05, 4.69) is 22.4 Å². The molecule has 0 saturated heterocycles. The van der Waals surface area contributed by atoms with Crippen molar-refractivity contribution in [2.24, 2.45) is 5.10 Å². The topological polar surface area (TPSA) is 89.0 Å². The highest BCUT2D eigenvalue weighted by Gasteiger charge is 2.13. The minimum atomic E-state index is -0.844. The van der Waals surface area contributed by atoms with E-state index in [0.29, 0.717) is 17.1 Å². The maximum absolute atomic E-state index is 11.3. The molecule has 0 saturated carbocycles. The number of fused-ring (bicyclic) bond motifs is 1. The van der Waals surface area contributed by atoms with Gasteiger partial charge < -0.3 is 14.8 Å². The first-order valence-electron chi connectivity index (χ1n) is 5.82. The fourth-order valence-corrected chi connectivity index (χ4v) is 1.45. The van der Waals surface area contributed by atoms with Gasteiger partial charge in [0.25, 0.3) is 0 Å². The predicted octanol–water partition coefficient (Wildman–Crippen LogP) is 0.168. The lowest BCUT2D eigenvalue weighted by molar-refractivity contribution is -0.139. The Kier molecular flexibility index (Phi) is 4.33. The fourth-order valence-electron chi connectivity index (χ4n) is 1.45. The summed E-state index contributed by atoms with van der Waals surface area (Å²) in [5.41, 5.74) is 2.83. The molecule has 1 aromatic carbocycles. The molecule has 0 unspecified atom stereocenters. The van der Waals surface area contributed by atoms with E-state index >= 15 is 0 Å². The van der Waals surface area contributed by atoms with Gasteiger partial charge in [0.15, 0.2) is 11.5 Å². The van der Waals surface area contributed by atoms with Crippen molar-refractivity contribution in [2.45, 2.75) is 0 Å². The monoisotopic (exact) mass is 275 g/mol. The van der Waals surface area contributed by atoms with Crippen molar-refractivity contribution in [3.63, 3.8) is 0 Å². The van der Waals surface area contributed by atoms with Crippen molar-refractivity contribution in [1.82, 2.24) is 10.7 Å². The second-order valence-electron chi connectivity index (χ2n) is 3.81. The molecule has 1 aliphatic heterocycles. The number of amides is 2. The molecule has 7 heteroatoms. The molecule has 1 heterocycles. The van der Waals surface area contributed by atoms with Gasteiger partial charge in [0, 0.05) is 6.54 Å². The smallest absolute Gasteiger partial charge is 0.329 e. The minimum absolute atomic E-state index is 0.191. The van der Waals surface area contributed by atoms with E-state index in [1.165, 1.54) is 12.3 Å². The van der Waals surface area contributed by atoms with Gasteiger partial charge in [0.2, 0.25) is 6.79 Å². The lowest BCUT2D eigenvalue weighted by Gasteiger charge is -2.00. The summed E-state index contributed by atoms with van der Waals surface area (Å²) in [4.78, 5) is 22.5. The van der Waals surface area contributed by atoms with E-state index in [4.69, 9.17) is 9.47 Å². The Balaban J connectivity index is 1.88. The summed E-state index contributed by atoms with van der Waals surface area (Å²) >= 11 is 0. The van der Waals surface area contributed by atoms with Gasteiger partial charge in [-0.1, -0.05) is 6.08 Å². The first-order chi connectivity index (χ1) is 9.70. The van der Waals surface area contributed by atoms with Crippen molar-refractivity contribution < 1.29 is 19.1 Å². The highest BCUT2D eigenvalue weighted by molar-refractivity contribution is 6.35. The zero-order valence-electron chi connectivity index (χ0n) is 10.6. The lowest BCUT2D eigenvalue weighted by atomic mass is 10.2. The SMILES string of the molecule is C=CCNC(=O)C(=O)NN=Cc1ccc2c(c1)OCO2. The summed E-state index contributed by atoms with van der Waals surface area (Å²) in [5, 5.41) is 6.02. The van der Waals surface area contributed by atoms with Crippen LogP contribution in [0.4, 0.5) is 0 Å². The maximum Gasteiger partial charge on any atom is 0.329 e. The molecule has 1 aliphatic rings. The molecule has 20 heavy (non-hydrogen) atoms. The van der Waals surface area contributed by atoms with Crippen LogP contribution in [0.2, 0.25) is 0 Å². The van der Waals surface area contributed by atoms with Crippen LogP contribution in [0.25, 0.3) is 0 Å². The molecule has 0 aromatic heterocycles. The van der Waals surface area contributed by atoms with Crippen molar-refractivity contribution in [2.75, 3.05) is 13.3 Å². The lowest BCUT2D eigenvalue weighted by Crippen LogP contribution is -2.37. The largest absolute Gasteiger partial charge is 0.454 e. The molecule has 0 bridgehead atoms. The molecule has 0 aliphatic carbocycles. The Morgan fingerprint density at radius 3 is 2.90 bits per heavy atom. The van der Waals surface area contributed by atoms with Crippen molar-refractivity contribution >= 4 is 18.0 Å². The normalized spacial score (nSPS) is 12.2. The van der Waals surface area contributed by atoms with Crippen LogP contribution in [-0.2, 0) is 9.59 Å². The summed E-state index contributed by atoms with van der Waals surface area (Å²) in [7, 11) is 0. The van der Waals surface area contributed by atoms with E-state index in [1.54, 1.807) is 18.2 Å². The molecule has 2 rings (SSSR count). The quantitative estimate of drug-likeness (QED) is 0.355. The number of carbonyl (C=O) groups is 2. The molecule has 104 valence electrons. The Morgan fingerprint density at radius 2 is 2.10 bits per heavy atom. The number of hydrogen-bond acceptors (Lipinski definition) is 5. The van der Waals surface area contributed by atoms with Crippen LogP contribution >= 0.6 is 0 Å². The zero-order chi connectivity index (χ0) is 14.4. The molecule has 1 aromatic rings. The minimum Gasteiger partial charge on any atom is -0.454 e. The Labute approximate surface area is 115 Å². The Bertz CT molecular complexity index is 569. The van der Waals surface area contributed by atoms with Gasteiger partial charge in [-0.25, -0.2) is 5.43 Å². The number of rotatable bonds is 4. The van der Waals surface area contributed by atoms with E-state index in [-0.39, 0.29) is 13.3 Å². The molecular weight excluding hydrogens is 262 g/mol. The van der Waals surface area contributed by atoms with Crippen LogP contribution < -0.4 is 20.2 Å². The molecule has 0 fully saturated rings. The van der Waals surface area contributed by atoms with Crippen LogP contribution in [-0.4, -0.2) is 31.4 Å². The number of hydrogen-bond donors (Lipinski definition) is 2. The highest BCUT2D eigenvalue weighted by atomic mass is 16.7. The van der Waals surface area contributed by atoms with Gasteiger partial charge in [-0.15, -0.1) is 6.58 Å².